The molecule has 0 bridgehead atoms. The lowest BCUT2D eigenvalue weighted by Crippen LogP contribution is -2.39. The second kappa shape index (κ2) is 7.82. The summed E-state index contributed by atoms with van der Waals surface area (Å²) in [7, 11) is 1.78. The predicted molar refractivity (Wildman–Crippen MR) is 97.7 cm³/mol. The number of hydrogen-bond acceptors (Lipinski definition) is 5. The largest absolute Gasteiger partial charge is 0.350 e. The topological polar surface area (TPSA) is 82.8 Å². The molecule has 1 aliphatic rings. The van der Waals surface area contributed by atoms with Crippen LogP contribution >= 0.6 is 0 Å². The summed E-state index contributed by atoms with van der Waals surface area (Å²) >= 11 is 0. The van der Waals surface area contributed by atoms with Crippen molar-refractivity contribution in [2.24, 2.45) is 0 Å². The number of carbonyl (C=O) groups excluding carboxylic acids is 2. The van der Waals surface area contributed by atoms with Gasteiger partial charge in [-0.3, -0.25) is 14.5 Å². The summed E-state index contributed by atoms with van der Waals surface area (Å²) in [5.74, 6) is -0.0839. The van der Waals surface area contributed by atoms with Gasteiger partial charge in [-0.1, -0.05) is 13.8 Å². The molecule has 0 spiro atoms. The molecule has 3 rings (SSSR count). The first-order valence-electron chi connectivity index (χ1n) is 9.12. The molecule has 1 aliphatic heterocycles. The molecule has 1 saturated heterocycles. The van der Waals surface area contributed by atoms with Gasteiger partial charge in [0.25, 0.3) is 5.91 Å². The smallest absolute Gasteiger partial charge is 0.256 e. The van der Waals surface area contributed by atoms with Crippen LogP contribution in [0.1, 0.15) is 42.6 Å². The van der Waals surface area contributed by atoms with E-state index in [1.165, 1.54) is 0 Å². The van der Waals surface area contributed by atoms with Gasteiger partial charge in [-0.05, 0) is 19.5 Å². The summed E-state index contributed by atoms with van der Waals surface area (Å²) in [5.41, 5.74) is 2.05. The van der Waals surface area contributed by atoms with Crippen molar-refractivity contribution in [2.45, 2.75) is 39.3 Å². The van der Waals surface area contributed by atoms with Gasteiger partial charge in [0, 0.05) is 50.6 Å². The third-order valence-electron chi connectivity index (χ3n) is 5.09. The molecule has 8 nitrogen and oxygen atoms in total. The van der Waals surface area contributed by atoms with Gasteiger partial charge in [0.2, 0.25) is 5.91 Å². The van der Waals surface area contributed by atoms with E-state index in [-0.39, 0.29) is 17.9 Å². The van der Waals surface area contributed by atoms with Crippen molar-refractivity contribution in [2.75, 3.05) is 26.7 Å². The summed E-state index contributed by atoms with van der Waals surface area (Å²) in [6.07, 6.45) is 6.58. The van der Waals surface area contributed by atoms with Crippen LogP contribution in [0, 0.1) is 0 Å². The van der Waals surface area contributed by atoms with Crippen molar-refractivity contribution in [1.29, 1.82) is 0 Å². The number of likely N-dealkylation sites (tertiary alicyclic amines) is 1. The van der Waals surface area contributed by atoms with E-state index in [0.29, 0.717) is 24.2 Å². The summed E-state index contributed by atoms with van der Waals surface area (Å²) in [5, 5.41) is 7.18. The Morgan fingerprint density at radius 3 is 2.77 bits per heavy atom. The normalized spacial score (nSPS) is 17.5. The number of hydrogen-bond donors (Lipinski definition) is 1. The monoisotopic (exact) mass is 358 g/mol. The van der Waals surface area contributed by atoms with Crippen molar-refractivity contribution < 1.29 is 9.59 Å². The molecule has 0 unspecified atom stereocenters. The van der Waals surface area contributed by atoms with E-state index in [1.807, 2.05) is 6.20 Å². The van der Waals surface area contributed by atoms with Gasteiger partial charge < -0.3 is 10.2 Å². The highest BCUT2D eigenvalue weighted by Crippen LogP contribution is 2.16. The van der Waals surface area contributed by atoms with Crippen molar-refractivity contribution in [3.63, 3.8) is 0 Å². The average Bonchev–Trinajstić information content (AvgIpc) is 3.21. The first-order valence-corrected chi connectivity index (χ1v) is 9.12. The highest BCUT2D eigenvalue weighted by atomic mass is 16.2. The Hall–Kier alpha value is -2.48. The SMILES string of the molecule is CCN(CC)Cc1cnc2c(C(=O)NC[C@H]3CCC(=O)N3C)cnn2c1. The van der Waals surface area contributed by atoms with Crippen LogP contribution in [0.15, 0.2) is 18.6 Å². The Kier molecular flexibility index (Phi) is 5.51. The molecule has 2 amide bonds. The Bertz CT molecular complexity index is 798. The van der Waals surface area contributed by atoms with Crippen LogP contribution in [-0.4, -0.2) is 68.9 Å². The average molecular weight is 358 g/mol. The number of aromatic nitrogens is 3. The minimum absolute atomic E-state index is 0.0573. The Balaban J connectivity index is 1.68. The van der Waals surface area contributed by atoms with Crippen molar-refractivity contribution in [3.05, 3.63) is 29.7 Å². The minimum atomic E-state index is -0.211. The molecule has 140 valence electrons. The van der Waals surface area contributed by atoms with Crippen molar-refractivity contribution in [3.8, 4) is 0 Å². The van der Waals surface area contributed by atoms with Gasteiger partial charge in [-0.25, -0.2) is 9.50 Å². The fourth-order valence-corrected chi connectivity index (χ4v) is 3.27. The van der Waals surface area contributed by atoms with E-state index in [1.54, 1.807) is 28.9 Å². The highest BCUT2D eigenvalue weighted by molar-refractivity contribution is 5.99. The maximum Gasteiger partial charge on any atom is 0.256 e. The molecular weight excluding hydrogens is 332 g/mol. The number of carbonyl (C=O) groups is 2. The number of fused-ring (bicyclic) bond motifs is 1. The zero-order valence-electron chi connectivity index (χ0n) is 15.6. The van der Waals surface area contributed by atoms with Gasteiger partial charge >= 0.3 is 0 Å². The van der Waals surface area contributed by atoms with Crippen LogP contribution in [0.5, 0.6) is 0 Å². The quantitative estimate of drug-likeness (QED) is 0.796. The molecule has 2 aromatic heterocycles. The number of amides is 2. The highest BCUT2D eigenvalue weighted by Gasteiger charge is 2.28. The molecule has 3 heterocycles. The second-order valence-electron chi connectivity index (χ2n) is 6.66. The van der Waals surface area contributed by atoms with E-state index in [2.05, 4.69) is 34.1 Å². The molecule has 2 aromatic rings. The Morgan fingerprint density at radius 2 is 2.12 bits per heavy atom. The Labute approximate surface area is 153 Å². The lowest BCUT2D eigenvalue weighted by atomic mass is 10.2. The second-order valence-corrected chi connectivity index (χ2v) is 6.66. The van der Waals surface area contributed by atoms with Gasteiger partial charge in [0.15, 0.2) is 5.65 Å². The lowest BCUT2D eigenvalue weighted by molar-refractivity contribution is -0.127. The van der Waals surface area contributed by atoms with E-state index < -0.39 is 0 Å². The lowest BCUT2D eigenvalue weighted by Gasteiger charge is -2.19. The molecule has 8 heteroatoms. The van der Waals surface area contributed by atoms with Gasteiger partial charge in [-0.2, -0.15) is 5.10 Å². The number of nitrogens with one attached hydrogen (secondary N) is 1. The third-order valence-corrected chi connectivity index (χ3v) is 5.09. The van der Waals surface area contributed by atoms with Crippen molar-refractivity contribution >= 4 is 17.5 Å². The number of likely N-dealkylation sites (N-methyl/N-ethyl adjacent to an activating group) is 1. The summed E-state index contributed by atoms with van der Waals surface area (Å²) in [6.45, 7) is 7.44. The standard InChI is InChI=1S/C18H26N6O2/c1-4-23(5-2)11-13-8-19-17-15(10-21-24(17)12-13)18(26)20-9-14-6-7-16(25)22(14)3/h8,10,12,14H,4-7,9,11H2,1-3H3,(H,20,26)/t14-/m1/s1. The first kappa shape index (κ1) is 18.3. The molecule has 0 aliphatic carbocycles. The summed E-state index contributed by atoms with van der Waals surface area (Å²) in [4.78, 5) is 32.5. The molecule has 1 fully saturated rings. The van der Waals surface area contributed by atoms with Crippen LogP contribution < -0.4 is 5.32 Å². The predicted octanol–water partition coefficient (Wildman–Crippen LogP) is 0.922. The summed E-state index contributed by atoms with van der Waals surface area (Å²) in [6, 6.07) is 0.0573. The fraction of sp³-hybridized carbons (Fsp3) is 0.556. The van der Waals surface area contributed by atoms with Crippen LogP contribution in [-0.2, 0) is 11.3 Å². The molecule has 1 N–H and O–H groups in total. The molecule has 0 saturated carbocycles. The zero-order valence-corrected chi connectivity index (χ0v) is 15.6. The number of nitrogens with zero attached hydrogens (tertiary/aromatic N) is 5. The molecule has 1 atom stereocenters. The molecule has 26 heavy (non-hydrogen) atoms. The van der Waals surface area contributed by atoms with E-state index >= 15 is 0 Å². The minimum Gasteiger partial charge on any atom is -0.350 e. The van der Waals surface area contributed by atoms with Crippen LogP contribution in [0.3, 0.4) is 0 Å². The summed E-state index contributed by atoms with van der Waals surface area (Å²) < 4.78 is 1.65. The maximum absolute atomic E-state index is 12.5. The van der Waals surface area contributed by atoms with E-state index in [9.17, 15) is 9.59 Å². The third kappa shape index (κ3) is 3.70. The van der Waals surface area contributed by atoms with E-state index in [0.717, 1.165) is 31.6 Å². The van der Waals surface area contributed by atoms with E-state index in [4.69, 9.17) is 0 Å². The molecule has 0 aromatic carbocycles. The Morgan fingerprint density at radius 1 is 1.35 bits per heavy atom. The maximum atomic E-state index is 12.5. The van der Waals surface area contributed by atoms with Gasteiger partial charge in [-0.15, -0.1) is 0 Å². The first-order chi connectivity index (χ1) is 12.5. The van der Waals surface area contributed by atoms with Crippen LogP contribution in [0.4, 0.5) is 0 Å². The molecule has 0 radical (unpaired) electrons. The van der Waals surface area contributed by atoms with Gasteiger partial charge in [0.05, 0.1) is 6.20 Å². The zero-order chi connectivity index (χ0) is 18.7. The van der Waals surface area contributed by atoms with Gasteiger partial charge in [0.1, 0.15) is 5.56 Å². The van der Waals surface area contributed by atoms with Crippen LogP contribution in [0.25, 0.3) is 5.65 Å². The molecular formula is C18H26N6O2. The van der Waals surface area contributed by atoms with Crippen LogP contribution in [0.2, 0.25) is 0 Å². The number of rotatable bonds is 7. The van der Waals surface area contributed by atoms with Crippen molar-refractivity contribution in [1.82, 2.24) is 29.7 Å². The fourth-order valence-electron chi connectivity index (χ4n) is 3.27.